The molecule has 1 saturated heterocycles. The molecule has 1 fully saturated rings. The summed E-state index contributed by atoms with van der Waals surface area (Å²) in [7, 11) is -3.84. The summed E-state index contributed by atoms with van der Waals surface area (Å²) in [5, 5.41) is 12.8. The average Bonchev–Trinajstić information content (AvgIpc) is 3.12. The van der Waals surface area contributed by atoms with Gasteiger partial charge in [-0.3, -0.25) is 4.58 Å². The molecule has 33 heavy (non-hydrogen) atoms. The van der Waals surface area contributed by atoms with Crippen LogP contribution in [-0.4, -0.2) is 60.1 Å². The lowest BCUT2D eigenvalue weighted by Crippen LogP contribution is -3.00. The fraction of sp³-hybridized carbons (Fsp3) is 0.435. The van der Waals surface area contributed by atoms with Crippen LogP contribution < -0.4 is 21.7 Å². The van der Waals surface area contributed by atoms with Gasteiger partial charge in [0, 0.05) is 12.1 Å². The van der Waals surface area contributed by atoms with E-state index in [2.05, 4.69) is 23.1 Å². The van der Waals surface area contributed by atoms with Gasteiger partial charge < -0.3 is 22.1 Å². The summed E-state index contributed by atoms with van der Waals surface area (Å²) >= 11 is 7.87. The molecule has 2 N–H and O–H groups in total. The van der Waals surface area contributed by atoms with E-state index in [-0.39, 0.29) is 33.4 Å². The number of benzene rings is 2. The van der Waals surface area contributed by atoms with E-state index < -0.39 is 15.7 Å². The molecule has 10 heteroatoms. The van der Waals surface area contributed by atoms with Crippen LogP contribution in [-0.2, 0) is 22.2 Å². The number of nitrogens with one attached hydrogen (secondary N) is 1. The van der Waals surface area contributed by atoms with E-state index >= 15 is 0 Å². The monoisotopic (exact) mass is 575 g/mol. The van der Waals surface area contributed by atoms with Crippen molar-refractivity contribution < 1.29 is 35.1 Å². The number of sulfonamides is 1. The van der Waals surface area contributed by atoms with Crippen molar-refractivity contribution in [2.45, 2.75) is 37.8 Å². The smallest absolute Gasteiger partial charge is 0.311 e. The van der Waals surface area contributed by atoms with Crippen LogP contribution in [0.2, 0.25) is 5.02 Å². The van der Waals surface area contributed by atoms with Gasteiger partial charge in [-0.25, -0.2) is 18.0 Å². The average molecular weight is 577 g/mol. The first-order valence-electron chi connectivity index (χ1n) is 10.8. The second-order valence-electron chi connectivity index (χ2n) is 7.58. The maximum Gasteiger partial charge on any atom is 0.311 e. The third kappa shape index (κ3) is 6.13. The van der Waals surface area contributed by atoms with Gasteiger partial charge in [-0.15, -0.1) is 0 Å². The van der Waals surface area contributed by atoms with Crippen LogP contribution >= 0.6 is 23.4 Å². The highest BCUT2D eigenvalue weighted by atomic mass is 79.9. The molecule has 2 aromatic rings. The Kier molecular flexibility index (Phi) is 10.3. The predicted molar refractivity (Wildman–Crippen MR) is 132 cm³/mol. The number of nitrogens with zero attached hydrogens (tertiary/aromatic N) is 2. The normalized spacial score (nSPS) is 18.3. The molecular formula is C23H31BrClN3O3S2. The molecule has 2 aromatic carbocycles. The van der Waals surface area contributed by atoms with Crippen LogP contribution in [0.5, 0.6) is 0 Å². The number of halogens is 2. The predicted octanol–water partition coefficient (Wildman–Crippen LogP) is 0.487. The van der Waals surface area contributed by atoms with E-state index in [1.165, 1.54) is 6.07 Å². The summed E-state index contributed by atoms with van der Waals surface area (Å²) in [6.45, 7) is 8.66. The van der Waals surface area contributed by atoms with Crippen molar-refractivity contribution in [3.8, 4) is 0 Å². The molecule has 0 aromatic heterocycles. The topological polar surface area (TPSA) is 72.6 Å². The second-order valence-corrected chi connectivity index (χ2v) is 10.7. The maximum absolute atomic E-state index is 13.0. The Labute approximate surface area is 216 Å². The molecule has 0 bridgehead atoms. The molecule has 1 heterocycles. The van der Waals surface area contributed by atoms with Crippen LogP contribution in [0.25, 0.3) is 0 Å². The van der Waals surface area contributed by atoms with Crippen molar-refractivity contribution in [1.29, 1.82) is 0 Å². The quantitative estimate of drug-likeness (QED) is 0.425. The van der Waals surface area contributed by atoms with Gasteiger partial charge in [0.05, 0.1) is 30.4 Å². The third-order valence-corrected chi connectivity index (χ3v) is 8.89. The largest absolute Gasteiger partial charge is 1.00 e. The Bertz CT molecular complexity index is 1080. The Morgan fingerprint density at radius 3 is 2.42 bits per heavy atom. The van der Waals surface area contributed by atoms with Gasteiger partial charge in [-0.1, -0.05) is 48.0 Å². The Morgan fingerprint density at radius 2 is 1.82 bits per heavy atom. The van der Waals surface area contributed by atoms with Crippen molar-refractivity contribution in [3.05, 3.63) is 64.7 Å². The fourth-order valence-corrected chi connectivity index (χ4v) is 6.97. The van der Waals surface area contributed by atoms with Crippen molar-refractivity contribution in [2.75, 3.05) is 31.9 Å². The lowest BCUT2D eigenvalue weighted by molar-refractivity contribution is -0.523. The molecule has 1 aliphatic rings. The third-order valence-electron chi connectivity index (χ3n) is 5.66. The van der Waals surface area contributed by atoms with Gasteiger partial charge in [0.25, 0.3) is 0 Å². The summed E-state index contributed by atoms with van der Waals surface area (Å²) < 4.78 is 30.9. The van der Waals surface area contributed by atoms with E-state index in [4.69, 9.17) is 11.6 Å². The molecule has 0 radical (unpaired) electrons. The molecular weight excluding hydrogens is 546 g/mol. The zero-order valence-electron chi connectivity index (χ0n) is 19.1. The van der Waals surface area contributed by atoms with Gasteiger partial charge in [0.15, 0.2) is 0 Å². The first-order chi connectivity index (χ1) is 15.3. The van der Waals surface area contributed by atoms with Gasteiger partial charge in [0.1, 0.15) is 4.90 Å². The minimum Gasteiger partial charge on any atom is -1.00 e. The Hall–Kier alpha value is -1.10. The molecule has 0 aliphatic carbocycles. The highest BCUT2D eigenvalue weighted by Crippen LogP contribution is 2.40. The summed E-state index contributed by atoms with van der Waals surface area (Å²) in [6, 6.07) is 14.4. The molecule has 0 amide bonds. The van der Waals surface area contributed by atoms with Crippen LogP contribution in [0.15, 0.2) is 53.4 Å². The van der Waals surface area contributed by atoms with Gasteiger partial charge in [0.2, 0.25) is 15.7 Å². The SMILES string of the molecule is CCN1C(=[N+](CC)CC)SCC1(O)c1ccc(Cl)c(S(=O)(=O)NCCc2ccccc2)c1.[Br-]. The van der Waals surface area contributed by atoms with E-state index in [1.54, 1.807) is 23.9 Å². The molecule has 1 aliphatic heterocycles. The van der Waals surface area contributed by atoms with Crippen LogP contribution in [0.1, 0.15) is 31.9 Å². The lowest BCUT2D eigenvalue weighted by atomic mass is 10.0. The Balaban J connectivity index is 0.00000385. The van der Waals surface area contributed by atoms with Crippen molar-refractivity contribution in [3.63, 3.8) is 0 Å². The molecule has 0 spiro atoms. The maximum atomic E-state index is 13.0. The number of hydrogen-bond donors (Lipinski definition) is 2. The first-order valence-corrected chi connectivity index (χ1v) is 13.7. The standard InChI is InChI=1S/C23H31ClN3O3S2.BrH/c1-4-26(5-2)22-27(6-3)23(28,17-31-22)19-12-13-20(24)21(16-19)32(29,30)25-15-14-18-10-8-7-9-11-18;/h7-13,16,25,28H,4-6,14-15,17H2,1-3H3;1H/q+1;/p-1. The van der Waals surface area contributed by atoms with Crippen molar-refractivity contribution >= 4 is 38.6 Å². The highest BCUT2D eigenvalue weighted by Gasteiger charge is 2.51. The minimum absolute atomic E-state index is 0. The van der Waals surface area contributed by atoms with E-state index in [0.717, 1.165) is 23.8 Å². The van der Waals surface area contributed by atoms with Gasteiger partial charge in [-0.2, -0.15) is 0 Å². The number of thioether (sulfide) groups is 1. The van der Waals surface area contributed by atoms with E-state index in [9.17, 15) is 13.5 Å². The minimum atomic E-state index is -3.84. The van der Waals surface area contributed by atoms with Crippen molar-refractivity contribution in [2.24, 2.45) is 0 Å². The molecule has 182 valence electrons. The number of hydrogen-bond acceptors (Lipinski definition) is 4. The highest BCUT2D eigenvalue weighted by molar-refractivity contribution is 8.13. The van der Waals surface area contributed by atoms with Crippen LogP contribution in [0, 0.1) is 0 Å². The first kappa shape index (κ1) is 28.1. The summed E-state index contributed by atoms with van der Waals surface area (Å²) in [5.41, 5.74) is 0.253. The van der Waals surface area contributed by atoms with Gasteiger partial charge >= 0.3 is 5.17 Å². The van der Waals surface area contributed by atoms with Crippen LogP contribution in [0.4, 0.5) is 0 Å². The second kappa shape index (κ2) is 12.0. The Morgan fingerprint density at radius 1 is 1.15 bits per heavy atom. The van der Waals surface area contributed by atoms with Gasteiger partial charge in [-0.05, 0) is 56.7 Å². The van der Waals surface area contributed by atoms with Crippen LogP contribution in [0.3, 0.4) is 0 Å². The summed E-state index contributed by atoms with van der Waals surface area (Å²) in [6.07, 6.45) is 0.573. The zero-order valence-corrected chi connectivity index (χ0v) is 23.1. The summed E-state index contributed by atoms with van der Waals surface area (Å²) in [4.78, 5) is 1.92. The fourth-order valence-electron chi connectivity index (χ4n) is 3.88. The van der Waals surface area contributed by atoms with Crippen molar-refractivity contribution in [1.82, 2.24) is 9.62 Å². The molecule has 3 rings (SSSR count). The molecule has 6 nitrogen and oxygen atoms in total. The van der Waals surface area contributed by atoms with E-state index in [1.807, 2.05) is 42.2 Å². The number of aliphatic hydroxyl groups is 1. The van der Waals surface area contributed by atoms with E-state index in [0.29, 0.717) is 24.3 Å². The zero-order chi connectivity index (χ0) is 23.4. The summed E-state index contributed by atoms with van der Waals surface area (Å²) in [5.74, 6) is 0.412. The molecule has 1 unspecified atom stereocenters. The number of amidine groups is 1. The lowest BCUT2D eigenvalue weighted by Gasteiger charge is -2.29. The number of rotatable bonds is 9. The molecule has 0 saturated carbocycles. The molecule has 1 atom stereocenters.